The van der Waals surface area contributed by atoms with Gasteiger partial charge in [0.1, 0.15) is 4.21 Å². The van der Waals surface area contributed by atoms with Crippen LogP contribution in [0.25, 0.3) is 0 Å². The molecule has 104 valence electrons. The molecule has 0 aliphatic rings. The van der Waals surface area contributed by atoms with Crippen molar-refractivity contribution in [2.75, 3.05) is 0 Å². The van der Waals surface area contributed by atoms with Crippen LogP contribution in [-0.2, 0) is 23.0 Å². The maximum Gasteiger partial charge on any atom is 0.250 e. The number of nitrogens with zero attached hydrogens (tertiary/aromatic N) is 1. The number of hydrogen-bond donors (Lipinski definition) is 1. The van der Waals surface area contributed by atoms with Gasteiger partial charge in [-0.3, -0.25) is 0 Å². The molecule has 1 heterocycles. The minimum absolute atomic E-state index is 0.178. The summed E-state index contributed by atoms with van der Waals surface area (Å²) < 4.78 is 27.1. The lowest BCUT2D eigenvalue weighted by atomic mass is 10.1. The zero-order valence-electron chi connectivity index (χ0n) is 11.0. The molecule has 0 saturated heterocycles. The smallest absolute Gasteiger partial charge is 0.206 e. The molecule has 2 aromatic rings. The third-order valence-electron chi connectivity index (χ3n) is 2.77. The second kappa shape index (κ2) is 6.18. The van der Waals surface area contributed by atoms with Gasteiger partial charge in [0, 0.05) is 11.4 Å². The first-order valence-electron chi connectivity index (χ1n) is 6.12. The minimum Gasteiger partial charge on any atom is -0.206 e. The first-order chi connectivity index (χ1) is 9.55. The number of sulfonamides is 1. The van der Waals surface area contributed by atoms with E-state index in [1.807, 2.05) is 19.1 Å². The zero-order valence-corrected chi connectivity index (χ0v) is 12.6. The first-order valence-corrected chi connectivity index (χ1v) is 8.42. The van der Waals surface area contributed by atoms with E-state index in [9.17, 15) is 8.42 Å². The van der Waals surface area contributed by atoms with Gasteiger partial charge in [-0.15, -0.1) is 11.3 Å². The molecule has 1 aromatic heterocycles. The summed E-state index contributed by atoms with van der Waals surface area (Å²) in [5.74, 6) is 0. The lowest BCUT2D eigenvalue weighted by molar-refractivity contribution is 0.583. The van der Waals surface area contributed by atoms with Crippen LogP contribution in [0.4, 0.5) is 0 Å². The SMILES string of the molecule is CCc1ccc(S(=O)(=O)NCc2cccc(C#N)c2)s1. The van der Waals surface area contributed by atoms with E-state index in [4.69, 9.17) is 5.26 Å². The van der Waals surface area contributed by atoms with Crippen molar-refractivity contribution in [2.45, 2.75) is 24.1 Å². The number of aryl methyl sites for hydroxylation is 1. The van der Waals surface area contributed by atoms with E-state index in [0.717, 1.165) is 16.9 Å². The molecular weight excluding hydrogens is 292 g/mol. The number of hydrogen-bond acceptors (Lipinski definition) is 4. The summed E-state index contributed by atoms with van der Waals surface area (Å²) in [6.45, 7) is 2.17. The fraction of sp³-hybridized carbons (Fsp3) is 0.214. The predicted octanol–water partition coefficient (Wildman–Crippen LogP) is 2.66. The molecule has 0 bridgehead atoms. The van der Waals surface area contributed by atoms with Gasteiger partial charge < -0.3 is 0 Å². The van der Waals surface area contributed by atoms with E-state index in [-0.39, 0.29) is 6.54 Å². The van der Waals surface area contributed by atoms with Gasteiger partial charge in [0.15, 0.2) is 0 Å². The van der Waals surface area contributed by atoms with Crippen molar-refractivity contribution in [2.24, 2.45) is 0 Å². The van der Waals surface area contributed by atoms with Gasteiger partial charge in [-0.1, -0.05) is 19.1 Å². The van der Waals surface area contributed by atoms with E-state index in [2.05, 4.69) is 4.72 Å². The Morgan fingerprint density at radius 2 is 2.10 bits per heavy atom. The largest absolute Gasteiger partial charge is 0.250 e. The van der Waals surface area contributed by atoms with E-state index in [1.54, 1.807) is 30.3 Å². The molecule has 0 spiro atoms. The van der Waals surface area contributed by atoms with Crippen LogP contribution >= 0.6 is 11.3 Å². The zero-order chi connectivity index (χ0) is 14.6. The second-order valence-corrected chi connectivity index (χ2v) is 7.37. The molecule has 0 radical (unpaired) electrons. The molecular formula is C14H14N2O2S2. The molecule has 0 unspecified atom stereocenters. The van der Waals surface area contributed by atoms with Crippen LogP contribution in [0.1, 0.15) is 22.9 Å². The van der Waals surface area contributed by atoms with Crippen molar-refractivity contribution in [3.63, 3.8) is 0 Å². The van der Waals surface area contributed by atoms with Gasteiger partial charge in [0.2, 0.25) is 10.0 Å². The Balaban J connectivity index is 2.11. The molecule has 1 aromatic carbocycles. The maximum absolute atomic E-state index is 12.1. The molecule has 1 N–H and O–H groups in total. The number of rotatable bonds is 5. The number of nitrogens with one attached hydrogen (secondary N) is 1. The van der Waals surface area contributed by atoms with Crippen LogP contribution in [0.5, 0.6) is 0 Å². The molecule has 0 atom stereocenters. The minimum atomic E-state index is -3.48. The Hall–Kier alpha value is -1.68. The maximum atomic E-state index is 12.1. The van der Waals surface area contributed by atoms with Crippen LogP contribution in [0.3, 0.4) is 0 Å². The van der Waals surface area contributed by atoms with Crippen molar-refractivity contribution in [1.29, 1.82) is 5.26 Å². The summed E-state index contributed by atoms with van der Waals surface area (Å²) in [4.78, 5) is 1.04. The van der Waals surface area contributed by atoms with Gasteiger partial charge in [0.25, 0.3) is 0 Å². The number of thiophene rings is 1. The molecule has 6 heteroatoms. The van der Waals surface area contributed by atoms with E-state index in [0.29, 0.717) is 9.77 Å². The van der Waals surface area contributed by atoms with Gasteiger partial charge in [-0.2, -0.15) is 5.26 Å². The van der Waals surface area contributed by atoms with Crippen LogP contribution in [-0.4, -0.2) is 8.42 Å². The predicted molar refractivity (Wildman–Crippen MR) is 78.9 cm³/mol. The Labute approximate surface area is 122 Å². The fourth-order valence-corrected chi connectivity index (χ4v) is 4.05. The molecule has 0 saturated carbocycles. The summed E-state index contributed by atoms with van der Waals surface area (Å²) in [6, 6.07) is 12.4. The van der Waals surface area contributed by atoms with Gasteiger partial charge in [-0.25, -0.2) is 13.1 Å². The summed E-state index contributed by atoms with van der Waals surface area (Å²) in [5.41, 5.74) is 1.28. The van der Waals surface area contributed by atoms with E-state index in [1.165, 1.54) is 11.3 Å². The number of benzene rings is 1. The van der Waals surface area contributed by atoms with Gasteiger partial charge in [-0.05, 0) is 36.2 Å². The average Bonchev–Trinajstić information content (AvgIpc) is 2.95. The third-order valence-corrected chi connectivity index (χ3v) is 5.90. The molecule has 0 aliphatic carbocycles. The number of nitriles is 1. The highest BCUT2D eigenvalue weighted by atomic mass is 32.2. The first kappa shape index (κ1) is 14.7. The molecule has 0 fully saturated rings. The third kappa shape index (κ3) is 3.45. The van der Waals surface area contributed by atoms with Crippen molar-refractivity contribution in [3.8, 4) is 6.07 Å². The van der Waals surface area contributed by atoms with Crippen molar-refractivity contribution < 1.29 is 8.42 Å². The molecule has 2 rings (SSSR count). The monoisotopic (exact) mass is 306 g/mol. The van der Waals surface area contributed by atoms with Crippen LogP contribution in [0.2, 0.25) is 0 Å². The van der Waals surface area contributed by atoms with Gasteiger partial charge in [0.05, 0.1) is 11.6 Å². The molecule has 20 heavy (non-hydrogen) atoms. The normalized spacial score (nSPS) is 11.2. The summed E-state index contributed by atoms with van der Waals surface area (Å²) in [7, 11) is -3.48. The lowest BCUT2D eigenvalue weighted by Crippen LogP contribution is -2.22. The van der Waals surface area contributed by atoms with Gasteiger partial charge >= 0.3 is 0 Å². The lowest BCUT2D eigenvalue weighted by Gasteiger charge is -2.05. The van der Waals surface area contributed by atoms with Crippen LogP contribution < -0.4 is 4.72 Å². The van der Waals surface area contributed by atoms with Crippen molar-refractivity contribution >= 4 is 21.4 Å². The summed E-state index contributed by atoms with van der Waals surface area (Å²) in [6.07, 6.45) is 0.824. The molecule has 0 amide bonds. The summed E-state index contributed by atoms with van der Waals surface area (Å²) in [5, 5.41) is 8.81. The van der Waals surface area contributed by atoms with Crippen molar-refractivity contribution in [1.82, 2.24) is 4.72 Å². The Bertz CT molecular complexity index is 743. The second-order valence-electron chi connectivity index (χ2n) is 4.21. The molecule has 4 nitrogen and oxygen atoms in total. The van der Waals surface area contributed by atoms with Crippen molar-refractivity contribution in [3.05, 3.63) is 52.4 Å². The Morgan fingerprint density at radius 1 is 1.30 bits per heavy atom. The summed E-state index contributed by atoms with van der Waals surface area (Å²) >= 11 is 1.28. The highest BCUT2D eigenvalue weighted by molar-refractivity contribution is 7.91. The quantitative estimate of drug-likeness (QED) is 0.923. The van der Waals surface area contributed by atoms with Crippen LogP contribution in [0, 0.1) is 11.3 Å². The molecule has 0 aliphatic heterocycles. The Morgan fingerprint density at radius 3 is 2.75 bits per heavy atom. The van der Waals surface area contributed by atoms with Crippen LogP contribution in [0.15, 0.2) is 40.6 Å². The van der Waals surface area contributed by atoms with E-state index < -0.39 is 10.0 Å². The Kier molecular flexibility index (Phi) is 4.55. The topological polar surface area (TPSA) is 70.0 Å². The average molecular weight is 306 g/mol. The highest BCUT2D eigenvalue weighted by Crippen LogP contribution is 2.21. The highest BCUT2D eigenvalue weighted by Gasteiger charge is 2.16. The fourth-order valence-electron chi connectivity index (χ4n) is 1.69. The van der Waals surface area contributed by atoms with E-state index >= 15 is 0 Å². The standard InChI is InChI=1S/C14H14N2O2S2/c1-2-13-6-7-14(19-13)20(17,18)16-10-12-5-3-4-11(8-12)9-15/h3-8,16H,2,10H2,1H3.